The molecule has 2 amide bonds. The Bertz CT molecular complexity index is 2170. The molecular weight excluding hydrogens is 793 g/mol. The molecule has 7 rings (SSSR count). The van der Waals surface area contributed by atoms with E-state index in [1.807, 2.05) is 127 Å². The molecule has 0 unspecified atom stereocenters. The van der Waals surface area contributed by atoms with Gasteiger partial charge in [-0.1, -0.05) is 103 Å². The van der Waals surface area contributed by atoms with Crippen molar-refractivity contribution in [2.24, 2.45) is 0 Å². The Morgan fingerprint density at radius 1 is 0.726 bits per heavy atom. The third-order valence-electron chi connectivity index (χ3n) is 11.3. The Kier molecular flexibility index (Phi) is 14.5. The number of amides is 2. The molecule has 0 bridgehead atoms. The van der Waals surface area contributed by atoms with Crippen LogP contribution in [0.15, 0.2) is 127 Å². The molecule has 1 saturated heterocycles. The number of rotatable bonds is 19. The molecule has 0 saturated carbocycles. The van der Waals surface area contributed by atoms with Crippen molar-refractivity contribution in [2.75, 3.05) is 53.7 Å². The second-order valence-corrected chi connectivity index (χ2v) is 15.1. The number of aliphatic hydroxyl groups excluding tert-OH is 1. The fourth-order valence-electron chi connectivity index (χ4n) is 8.30. The SMILES string of the molecule is COc1ccc(C(OCCOCCNC(=O)[C@@H]2C[C@@H](OC(=O)CCC(O)O)CN2C(=O)OCC2c3ccccc3-c3ccccc32)(c2ccccc2)c2ccc(OC)cc2)cc1. The summed E-state index contributed by atoms with van der Waals surface area (Å²) in [4.78, 5) is 41.3. The largest absolute Gasteiger partial charge is 0.497 e. The van der Waals surface area contributed by atoms with Crippen LogP contribution in [0.1, 0.15) is 53.0 Å². The van der Waals surface area contributed by atoms with Crippen LogP contribution in [0.25, 0.3) is 11.1 Å². The summed E-state index contributed by atoms with van der Waals surface area (Å²) in [5, 5.41) is 21.3. The number of esters is 1. The molecule has 1 aliphatic heterocycles. The van der Waals surface area contributed by atoms with Gasteiger partial charge in [-0.25, -0.2) is 4.79 Å². The quantitative estimate of drug-likeness (QED) is 0.0377. The number of hydrogen-bond acceptors (Lipinski definition) is 11. The van der Waals surface area contributed by atoms with Crippen LogP contribution < -0.4 is 14.8 Å². The molecule has 0 aromatic heterocycles. The van der Waals surface area contributed by atoms with Crippen molar-refractivity contribution in [3.05, 3.63) is 155 Å². The van der Waals surface area contributed by atoms with Gasteiger partial charge >= 0.3 is 12.1 Å². The highest BCUT2D eigenvalue weighted by molar-refractivity contribution is 5.86. The van der Waals surface area contributed by atoms with Crippen molar-refractivity contribution in [1.82, 2.24) is 10.2 Å². The van der Waals surface area contributed by atoms with Crippen LogP contribution in [0.5, 0.6) is 11.5 Å². The molecule has 13 nitrogen and oxygen atoms in total. The molecule has 1 fully saturated rings. The molecule has 3 N–H and O–H groups in total. The lowest BCUT2D eigenvalue weighted by Gasteiger charge is -2.36. The van der Waals surface area contributed by atoms with Crippen molar-refractivity contribution in [1.29, 1.82) is 0 Å². The van der Waals surface area contributed by atoms with E-state index in [1.54, 1.807) is 14.2 Å². The van der Waals surface area contributed by atoms with E-state index in [0.717, 1.165) is 38.9 Å². The van der Waals surface area contributed by atoms with Gasteiger partial charge in [0.05, 0.1) is 47.0 Å². The van der Waals surface area contributed by atoms with E-state index in [-0.39, 0.29) is 64.7 Å². The zero-order chi connectivity index (χ0) is 43.5. The Hall–Kier alpha value is -6.25. The molecule has 5 aromatic rings. The number of benzene rings is 5. The van der Waals surface area contributed by atoms with Crippen LogP contribution in [0.2, 0.25) is 0 Å². The molecule has 5 aromatic carbocycles. The Balaban J connectivity index is 0.980. The highest BCUT2D eigenvalue weighted by atomic mass is 16.6. The second-order valence-electron chi connectivity index (χ2n) is 15.1. The number of nitrogens with zero attached hydrogens (tertiary/aromatic N) is 1. The smallest absolute Gasteiger partial charge is 0.410 e. The van der Waals surface area contributed by atoms with E-state index in [2.05, 4.69) is 5.32 Å². The molecule has 0 radical (unpaired) electrons. The van der Waals surface area contributed by atoms with Gasteiger partial charge in [-0.2, -0.15) is 0 Å². The van der Waals surface area contributed by atoms with Crippen molar-refractivity contribution < 1.29 is 53.0 Å². The maximum absolute atomic E-state index is 13.8. The first-order valence-corrected chi connectivity index (χ1v) is 20.7. The minimum absolute atomic E-state index is 0.0381. The number of nitrogens with one attached hydrogen (secondary N) is 1. The molecule has 0 spiro atoms. The van der Waals surface area contributed by atoms with Crippen LogP contribution in [0.3, 0.4) is 0 Å². The van der Waals surface area contributed by atoms with Crippen LogP contribution >= 0.6 is 0 Å². The number of ether oxygens (including phenoxy) is 6. The number of carbonyl (C=O) groups excluding carboxylic acids is 3. The molecule has 324 valence electrons. The summed E-state index contributed by atoms with van der Waals surface area (Å²) in [6.07, 6.45) is -3.57. The maximum atomic E-state index is 13.8. The lowest BCUT2D eigenvalue weighted by molar-refractivity contribution is -0.151. The van der Waals surface area contributed by atoms with Crippen LogP contribution in [0, 0.1) is 0 Å². The van der Waals surface area contributed by atoms with E-state index in [9.17, 15) is 24.6 Å². The van der Waals surface area contributed by atoms with Gasteiger partial charge in [0.15, 0.2) is 6.29 Å². The maximum Gasteiger partial charge on any atom is 0.410 e. The van der Waals surface area contributed by atoms with Crippen LogP contribution in [-0.2, 0) is 34.1 Å². The van der Waals surface area contributed by atoms with E-state index in [4.69, 9.17) is 28.4 Å². The number of likely N-dealkylation sites (tertiary alicyclic amines) is 1. The molecule has 2 aliphatic rings. The minimum atomic E-state index is -1.66. The third-order valence-corrected chi connectivity index (χ3v) is 11.3. The summed E-state index contributed by atoms with van der Waals surface area (Å²) >= 11 is 0. The van der Waals surface area contributed by atoms with Crippen molar-refractivity contribution in [2.45, 2.75) is 49.2 Å². The Morgan fingerprint density at radius 3 is 1.87 bits per heavy atom. The van der Waals surface area contributed by atoms with Crippen molar-refractivity contribution >= 4 is 18.0 Å². The van der Waals surface area contributed by atoms with E-state index in [0.29, 0.717) is 11.5 Å². The van der Waals surface area contributed by atoms with Gasteiger partial charge in [0, 0.05) is 25.3 Å². The monoisotopic (exact) mass is 844 g/mol. The van der Waals surface area contributed by atoms with Crippen LogP contribution in [0.4, 0.5) is 4.79 Å². The van der Waals surface area contributed by atoms with Crippen LogP contribution in [-0.4, -0.2) is 105 Å². The fourth-order valence-corrected chi connectivity index (χ4v) is 8.30. The normalized spacial score (nSPS) is 15.8. The zero-order valence-corrected chi connectivity index (χ0v) is 34.8. The van der Waals surface area contributed by atoms with E-state index in [1.165, 1.54) is 4.90 Å². The number of hydrogen-bond donors (Lipinski definition) is 3. The molecule has 1 heterocycles. The molecule has 1 aliphatic carbocycles. The third kappa shape index (κ3) is 9.93. The van der Waals surface area contributed by atoms with Gasteiger partial charge in [0.1, 0.15) is 35.9 Å². The predicted octanol–water partition coefficient (Wildman–Crippen LogP) is 6.17. The fraction of sp³-hybridized carbons (Fsp3) is 0.327. The highest BCUT2D eigenvalue weighted by Gasteiger charge is 2.43. The summed E-state index contributed by atoms with van der Waals surface area (Å²) in [5.74, 6) is 0.119. The van der Waals surface area contributed by atoms with Crippen molar-refractivity contribution in [3.8, 4) is 22.6 Å². The summed E-state index contributed by atoms with van der Waals surface area (Å²) in [5.41, 5.74) is 5.93. The van der Waals surface area contributed by atoms with E-state index >= 15 is 0 Å². The van der Waals surface area contributed by atoms with Gasteiger partial charge < -0.3 is 44.0 Å². The molecular formula is C49H52N2O11. The summed E-state index contributed by atoms with van der Waals surface area (Å²) in [6.45, 7) is 0.661. The van der Waals surface area contributed by atoms with E-state index < -0.39 is 42.0 Å². The highest BCUT2D eigenvalue weighted by Crippen LogP contribution is 2.45. The first-order chi connectivity index (χ1) is 30.2. The second kappa shape index (κ2) is 20.5. The first kappa shape index (κ1) is 43.8. The molecule has 62 heavy (non-hydrogen) atoms. The molecule has 13 heteroatoms. The van der Waals surface area contributed by atoms with Gasteiger partial charge in [-0.05, 0) is 63.2 Å². The van der Waals surface area contributed by atoms with Gasteiger partial charge in [0.25, 0.3) is 0 Å². The summed E-state index contributed by atoms with van der Waals surface area (Å²) in [6, 6.07) is 40.4. The number of methoxy groups -OCH3 is 2. The van der Waals surface area contributed by atoms with Gasteiger partial charge in [-0.15, -0.1) is 0 Å². The first-order valence-electron chi connectivity index (χ1n) is 20.7. The Labute approximate surface area is 361 Å². The standard InChI is InChI=1S/C49H52N2O11/c1-57-36-20-16-34(17-21-36)49(33-10-4-3-5-11-33,35-18-22-37(58-2)23-19-35)61-29-28-59-27-26-50-47(55)44-30-38(62-46(54)25-24-45(52)53)31-51(44)48(56)60-32-43-41-14-8-6-12-39(41)40-13-7-9-15-42(40)43/h3-23,38,43-45,52-53H,24-32H2,1-2H3,(H,50,55)/t38-,44+/m1/s1. The summed E-state index contributed by atoms with van der Waals surface area (Å²) < 4.78 is 35.2. The average molecular weight is 845 g/mol. The number of fused-ring (bicyclic) bond motifs is 3. The lowest BCUT2D eigenvalue weighted by Crippen LogP contribution is -2.47. The number of aliphatic hydroxyl groups is 2. The predicted molar refractivity (Wildman–Crippen MR) is 230 cm³/mol. The zero-order valence-electron chi connectivity index (χ0n) is 34.8. The lowest BCUT2D eigenvalue weighted by atomic mass is 9.80. The molecule has 2 atom stereocenters. The number of carbonyl (C=O) groups is 3. The van der Waals surface area contributed by atoms with Gasteiger partial charge in [0.2, 0.25) is 5.91 Å². The summed E-state index contributed by atoms with van der Waals surface area (Å²) in [7, 11) is 3.24. The van der Waals surface area contributed by atoms with Gasteiger partial charge in [-0.3, -0.25) is 14.5 Å². The minimum Gasteiger partial charge on any atom is -0.497 e. The van der Waals surface area contributed by atoms with Crippen molar-refractivity contribution in [3.63, 3.8) is 0 Å². The average Bonchev–Trinajstić information content (AvgIpc) is 3.88. The topological polar surface area (TPSA) is 162 Å². The Morgan fingerprint density at radius 2 is 1.29 bits per heavy atom.